The molecule has 0 spiro atoms. The molecule has 27 heavy (non-hydrogen) atoms. The van der Waals surface area contributed by atoms with E-state index in [1.165, 1.54) is 19.8 Å². The van der Waals surface area contributed by atoms with Crippen LogP contribution in [0.2, 0.25) is 0 Å². The van der Waals surface area contributed by atoms with Crippen molar-refractivity contribution in [2.45, 2.75) is 27.2 Å². The lowest BCUT2D eigenvalue weighted by atomic mass is 9.84. The van der Waals surface area contributed by atoms with Gasteiger partial charge in [-0.1, -0.05) is 48.9 Å². The van der Waals surface area contributed by atoms with Crippen LogP contribution in [0.5, 0.6) is 0 Å². The number of methoxy groups -OCH3 is 2. The van der Waals surface area contributed by atoms with Crippen LogP contribution in [-0.2, 0) is 25.5 Å². The third kappa shape index (κ3) is 4.42. The first kappa shape index (κ1) is 20.8. The molecule has 0 bridgehead atoms. The van der Waals surface area contributed by atoms with E-state index in [1.54, 1.807) is 19.9 Å². The standard InChI is InChI=1S/C21H24ClNO4/c1-6-14-7-9-15(10-8-14)17(22)11-16-18(20(24)26-4)12(2)23-13(3)19(16)21(25)27-5/h7-11,16,23H,6H2,1-5H3. The van der Waals surface area contributed by atoms with Crippen LogP contribution < -0.4 is 5.32 Å². The molecule has 5 nitrogen and oxygen atoms in total. The Balaban J connectivity index is 2.57. The molecule has 1 aromatic rings. The highest BCUT2D eigenvalue weighted by atomic mass is 35.5. The minimum Gasteiger partial charge on any atom is -0.466 e. The highest BCUT2D eigenvalue weighted by Crippen LogP contribution is 2.35. The van der Waals surface area contributed by atoms with Crippen molar-refractivity contribution in [1.82, 2.24) is 5.32 Å². The van der Waals surface area contributed by atoms with Gasteiger partial charge in [0.1, 0.15) is 0 Å². The zero-order valence-corrected chi connectivity index (χ0v) is 16.9. The Morgan fingerprint density at radius 1 is 1.04 bits per heavy atom. The van der Waals surface area contributed by atoms with Crippen LogP contribution in [0, 0.1) is 5.92 Å². The van der Waals surface area contributed by atoms with Gasteiger partial charge in [0.15, 0.2) is 0 Å². The van der Waals surface area contributed by atoms with Gasteiger partial charge >= 0.3 is 11.9 Å². The number of carbonyl (C=O) groups excluding carboxylic acids is 2. The Kier molecular flexibility index (Phi) is 6.86. The number of carbonyl (C=O) groups is 2. The molecule has 0 saturated carbocycles. The van der Waals surface area contributed by atoms with Gasteiger partial charge in [0.05, 0.1) is 25.4 Å². The molecule has 144 valence electrons. The number of rotatable bonds is 5. The Labute approximate surface area is 164 Å². The van der Waals surface area contributed by atoms with E-state index >= 15 is 0 Å². The molecule has 1 heterocycles. The van der Waals surface area contributed by atoms with Crippen molar-refractivity contribution < 1.29 is 19.1 Å². The average Bonchev–Trinajstić information content (AvgIpc) is 2.66. The maximum atomic E-state index is 12.4. The zero-order valence-electron chi connectivity index (χ0n) is 16.2. The van der Waals surface area contributed by atoms with E-state index in [1.807, 2.05) is 24.3 Å². The van der Waals surface area contributed by atoms with E-state index in [2.05, 4.69) is 12.2 Å². The molecule has 1 aliphatic heterocycles. The summed E-state index contributed by atoms with van der Waals surface area (Å²) in [6.07, 6.45) is 2.62. The fourth-order valence-electron chi connectivity index (χ4n) is 3.12. The molecule has 1 aromatic carbocycles. The number of benzene rings is 1. The molecule has 6 heteroatoms. The largest absolute Gasteiger partial charge is 0.466 e. The van der Waals surface area contributed by atoms with Crippen LogP contribution in [0.4, 0.5) is 0 Å². The van der Waals surface area contributed by atoms with Crippen molar-refractivity contribution in [3.63, 3.8) is 0 Å². The second-order valence-corrected chi connectivity index (χ2v) is 6.64. The van der Waals surface area contributed by atoms with Crippen molar-refractivity contribution >= 4 is 28.6 Å². The van der Waals surface area contributed by atoms with Crippen molar-refractivity contribution in [3.05, 3.63) is 64.0 Å². The molecule has 1 N–H and O–H groups in total. The van der Waals surface area contributed by atoms with E-state index in [0.717, 1.165) is 12.0 Å². The molecule has 0 atom stereocenters. The van der Waals surface area contributed by atoms with Crippen LogP contribution in [0.25, 0.3) is 5.03 Å². The summed E-state index contributed by atoms with van der Waals surface area (Å²) in [5.41, 5.74) is 3.87. The third-order valence-electron chi connectivity index (χ3n) is 4.57. The Morgan fingerprint density at radius 2 is 1.52 bits per heavy atom. The van der Waals surface area contributed by atoms with Crippen molar-refractivity contribution in [1.29, 1.82) is 0 Å². The van der Waals surface area contributed by atoms with Gasteiger partial charge in [0.2, 0.25) is 0 Å². The first-order valence-electron chi connectivity index (χ1n) is 8.65. The number of ether oxygens (including phenoxy) is 2. The SMILES string of the molecule is CCc1ccc(C(Cl)=CC2C(C(=O)OC)=C(C)NC(C)=C2C(=O)OC)cc1. The van der Waals surface area contributed by atoms with E-state index < -0.39 is 17.9 Å². The number of nitrogens with one attached hydrogen (secondary N) is 1. The van der Waals surface area contributed by atoms with E-state index in [4.69, 9.17) is 21.1 Å². The summed E-state index contributed by atoms with van der Waals surface area (Å²) in [6, 6.07) is 7.83. The fourth-order valence-corrected chi connectivity index (χ4v) is 3.37. The Bertz CT molecular complexity index is 796. The smallest absolute Gasteiger partial charge is 0.336 e. The number of esters is 2. The first-order valence-corrected chi connectivity index (χ1v) is 9.03. The molecular weight excluding hydrogens is 366 g/mol. The molecule has 0 aromatic heterocycles. The summed E-state index contributed by atoms with van der Waals surface area (Å²) in [7, 11) is 2.61. The van der Waals surface area contributed by atoms with Crippen molar-refractivity contribution in [3.8, 4) is 0 Å². The van der Waals surface area contributed by atoms with E-state index in [9.17, 15) is 9.59 Å². The van der Waals surface area contributed by atoms with Crippen LogP contribution >= 0.6 is 11.6 Å². The molecule has 0 fully saturated rings. The lowest BCUT2D eigenvalue weighted by Gasteiger charge is -2.28. The van der Waals surface area contributed by atoms with Crippen LogP contribution in [0.1, 0.15) is 31.9 Å². The average molecular weight is 390 g/mol. The minimum atomic E-state index is -0.676. The predicted octanol–water partition coefficient (Wildman–Crippen LogP) is 3.94. The van der Waals surface area contributed by atoms with Gasteiger partial charge in [-0.2, -0.15) is 0 Å². The van der Waals surface area contributed by atoms with Gasteiger partial charge in [0.25, 0.3) is 0 Å². The van der Waals surface area contributed by atoms with Gasteiger partial charge in [0, 0.05) is 22.3 Å². The first-order chi connectivity index (χ1) is 12.8. The number of allylic oxidation sites excluding steroid dienone is 3. The maximum absolute atomic E-state index is 12.4. The summed E-state index contributed by atoms with van der Waals surface area (Å²) < 4.78 is 9.84. The lowest BCUT2D eigenvalue weighted by Crippen LogP contribution is -2.32. The van der Waals surface area contributed by atoms with Gasteiger partial charge < -0.3 is 14.8 Å². The molecule has 0 aliphatic carbocycles. The monoisotopic (exact) mass is 389 g/mol. The van der Waals surface area contributed by atoms with Crippen molar-refractivity contribution in [2.24, 2.45) is 5.92 Å². The van der Waals surface area contributed by atoms with Crippen LogP contribution in [0.15, 0.2) is 52.9 Å². The molecular formula is C21H24ClNO4. The zero-order chi connectivity index (χ0) is 20.1. The Hall–Kier alpha value is -2.53. The highest BCUT2D eigenvalue weighted by Gasteiger charge is 2.35. The number of halogens is 1. The summed E-state index contributed by atoms with van der Waals surface area (Å²) in [5.74, 6) is -1.73. The number of aryl methyl sites for hydroxylation is 1. The lowest BCUT2D eigenvalue weighted by molar-refractivity contribution is -0.137. The van der Waals surface area contributed by atoms with E-state index in [0.29, 0.717) is 27.6 Å². The van der Waals surface area contributed by atoms with Crippen LogP contribution in [0.3, 0.4) is 0 Å². The molecule has 0 radical (unpaired) electrons. The molecule has 2 rings (SSSR count). The van der Waals surface area contributed by atoms with Gasteiger partial charge in [-0.25, -0.2) is 9.59 Å². The van der Waals surface area contributed by atoms with E-state index in [-0.39, 0.29) is 0 Å². The van der Waals surface area contributed by atoms with Crippen LogP contribution in [-0.4, -0.2) is 26.2 Å². The van der Waals surface area contributed by atoms with Gasteiger partial charge in [-0.3, -0.25) is 0 Å². The minimum absolute atomic E-state index is 0.326. The summed E-state index contributed by atoms with van der Waals surface area (Å²) in [4.78, 5) is 24.8. The Morgan fingerprint density at radius 3 is 1.93 bits per heavy atom. The summed E-state index contributed by atoms with van der Waals surface area (Å²) in [5, 5.41) is 3.49. The predicted molar refractivity (Wildman–Crippen MR) is 106 cm³/mol. The quantitative estimate of drug-likeness (QED) is 0.772. The molecule has 0 amide bonds. The molecule has 0 saturated heterocycles. The summed E-state index contributed by atoms with van der Waals surface area (Å²) >= 11 is 6.55. The highest BCUT2D eigenvalue weighted by molar-refractivity contribution is 6.48. The molecule has 0 unspecified atom stereocenters. The number of dihydropyridines is 1. The molecule has 1 aliphatic rings. The van der Waals surface area contributed by atoms with Gasteiger partial charge in [-0.15, -0.1) is 0 Å². The maximum Gasteiger partial charge on any atom is 0.336 e. The number of hydrogen-bond acceptors (Lipinski definition) is 5. The normalized spacial score (nSPS) is 15.6. The number of hydrogen-bond donors (Lipinski definition) is 1. The van der Waals surface area contributed by atoms with Crippen molar-refractivity contribution in [2.75, 3.05) is 14.2 Å². The summed E-state index contributed by atoms with van der Waals surface area (Å²) in [6.45, 7) is 5.59. The third-order valence-corrected chi connectivity index (χ3v) is 4.91. The second-order valence-electron chi connectivity index (χ2n) is 6.23. The topological polar surface area (TPSA) is 64.6 Å². The second kappa shape index (κ2) is 8.91. The van der Waals surface area contributed by atoms with Gasteiger partial charge in [-0.05, 0) is 31.4 Å². The fraction of sp³-hybridized carbons (Fsp3) is 0.333.